The van der Waals surface area contributed by atoms with Crippen LogP contribution in [0.4, 0.5) is 8.78 Å². The van der Waals surface area contributed by atoms with Gasteiger partial charge in [0.05, 0.1) is 0 Å². The van der Waals surface area contributed by atoms with Gasteiger partial charge in [0.1, 0.15) is 23.5 Å². The first-order valence-electron chi connectivity index (χ1n) is 8.77. The summed E-state index contributed by atoms with van der Waals surface area (Å²) in [5.74, 6) is 0.697. The van der Waals surface area contributed by atoms with Gasteiger partial charge in [0.2, 0.25) is 0 Å². The molecule has 0 unspecified atom stereocenters. The molecule has 3 rings (SSSR count). The Morgan fingerprint density at radius 2 is 1.85 bits per heavy atom. The Morgan fingerprint density at radius 3 is 2.52 bits per heavy atom. The Morgan fingerprint density at radius 1 is 1.15 bits per heavy atom. The van der Waals surface area contributed by atoms with Gasteiger partial charge >= 0.3 is 0 Å². The van der Waals surface area contributed by atoms with Gasteiger partial charge in [0.25, 0.3) is 0 Å². The number of piperidine rings is 1. The first-order valence-corrected chi connectivity index (χ1v) is 8.77. The van der Waals surface area contributed by atoms with E-state index in [9.17, 15) is 8.78 Å². The third kappa shape index (κ3) is 6.05. The molecule has 7 heteroatoms. The normalized spacial score (nSPS) is 15.2. The van der Waals surface area contributed by atoms with Gasteiger partial charge in [-0.3, -0.25) is 4.99 Å². The lowest BCUT2D eigenvalue weighted by Crippen LogP contribution is -2.47. The highest BCUT2D eigenvalue weighted by molar-refractivity contribution is 14.0. The van der Waals surface area contributed by atoms with Crippen molar-refractivity contribution in [3.05, 3.63) is 65.7 Å². The van der Waals surface area contributed by atoms with Gasteiger partial charge in [0, 0.05) is 45.1 Å². The van der Waals surface area contributed by atoms with Crippen molar-refractivity contribution < 1.29 is 13.5 Å². The molecule has 1 fully saturated rings. The fourth-order valence-electron chi connectivity index (χ4n) is 3.06. The third-order valence-electron chi connectivity index (χ3n) is 4.44. The predicted octanol–water partition coefficient (Wildman–Crippen LogP) is 4.20. The van der Waals surface area contributed by atoms with Gasteiger partial charge in [-0.15, -0.1) is 24.0 Å². The van der Waals surface area contributed by atoms with Crippen molar-refractivity contribution in [2.24, 2.45) is 4.99 Å². The molecule has 2 aromatic rings. The quantitative estimate of drug-likeness (QED) is 0.399. The van der Waals surface area contributed by atoms with E-state index in [1.54, 1.807) is 7.05 Å². The zero-order valence-corrected chi connectivity index (χ0v) is 17.5. The number of benzene rings is 2. The number of hydrogen-bond acceptors (Lipinski definition) is 2. The minimum atomic E-state index is -0.447. The molecule has 0 spiro atoms. The average Bonchev–Trinajstić information content (AvgIpc) is 2.67. The van der Waals surface area contributed by atoms with Crippen molar-refractivity contribution in [2.75, 3.05) is 20.1 Å². The zero-order valence-electron chi connectivity index (χ0n) is 15.2. The first kappa shape index (κ1) is 21.4. The molecule has 1 saturated heterocycles. The standard InChI is InChI=1S/C20H23F2N3O.HI/c1-23-20(24-14-15-13-16(21)7-8-19(15)22)25-11-9-18(10-12-25)26-17-5-3-2-4-6-17;/h2-8,13,18H,9-12,14H2,1H3,(H,23,24);1H. The van der Waals surface area contributed by atoms with E-state index in [1.165, 1.54) is 6.07 Å². The van der Waals surface area contributed by atoms with Gasteiger partial charge in [0.15, 0.2) is 5.96 Å². The minimum absolute atomic E-state index is 0. The molecule has 0 aliphatic carbocycles. The number of ether oxygens (including phenoxy) is 1. The Kier molecular flexibility index (Phi) is 8.27. The number of rotatable bonds is 4. The summed E-state index contributed by atoms with van der Waals surface area (Å²) in [6.07, 6.45) is 1.93. The Labute approximate surface area is 175 Å². The molecule has 1 aliphatic heterocycles. The second-order valence-electron chi connectivity index (χ2n) is 6.25. The molecule has 27 heavy (non-hydrogen) atoms. The molecular weight excluding hydrogens is 463 g/mol. The summed E-state index contributed by atoms with van der Waals surface area (Å²) in [6, 6.07) is 13.3. The molecule has 2 aromatic carbocycles. The monoisotopic (exact) mass is 487 g/mol. The predicted molar refractivity (Wildman–Crippen MR) is 114 cm³/mol. The Balaban J connectivity index is 0.00000261. The Bertz CT molecular complexity index is 750. The van der Waals surface area contributed by atoms with Crippen LogP contribution in [0.2, 0.25) is 0 Å². The lowest BCUT2D eigenvalue weighted by Gasteiger charge is -2.34. The molecule has 146 valence electrons. The maximum Gasteiger partial charge on any atom is 0.193 e. The van der Waals surface area contributed by atoms with E-state index in [1.807, 2.05) is 30.3 Å². The van der Waals surface area contributed by atoms with Crippen LogP contribution in [0.5, 0.6) is 5.75 Å². The molecule has 0 amide bonds. The number of nitrogens with zero attached hydrogens (tertiary/aromatic N) is 2. The van der Waals surface area contributed by atoms with Crippen molar-refractivity contribution in [1.29, 1.82) is 0 Å². The van der Waals surface area contributed by atoms with Crippen LogP contribution in [0.15, 0.2) is 53.5 Å². The fourth-order valence-corrected chi connectivity index (χ4v) is 3.06. The molecule has 0 bridgehead atoms. The van der Waals surface area contributed by atoms with Crippen LogP contribution in [0.1, 0.15) is 18.4 Å². The van der Waals surface area contributed by atoms with Crippen LogP contribution >= 0.6 is 24.0 Å². The summed E-state index contributed by atoms with van der Waals surface area (Å²) >= 11 is 0. The lowest BCUT2D eigenvalue weighted by atomic mass is 10.1. The number of halogens is 3. The molecule has 1 N–H and O–H groups in total. The SMILES string of the molecule is CN=C(NCc1cc(F)ccc1F)N1CCC(Oc2ccccc2)CC1.I. The molecule has 4 nitrogen and oxygen atoms in total. The van der Waals surface area contributed by atoms with E-state index >= 15 is 0 Å². The smallest absolute Gasteiger partial charge is 0.193 e. The summed E-state index contributed by atoms with van der Waals surface area (Å²) in [7, 11) is 1.69. The third-order valence-corrected chi connectivity index (χ3v) is 4.44. The highest BCUT2D eigenvalue weighted by Gasteiger charge is 2.22. The molecular formula is C20H24F2IN3O. The molecule has 0 aromatic heterocycles. The van der Waals surface area contributed by atoms with E-state index in [0.29, 0.717) is 5.96 Å². The molecule has 0 saturated carbocycles. The number of aliphatic imine (C=N–C) groups is 1. The number of likely N-dealkylation sites (tertiary alicyclic amines) is 1. The summed E-state index contributed by atoms with van der Waals surface area (Å²) in [6.45, 7) is 1.78. The van der Waals surface area contributed by atoms with Gasteiger partial charge in [-0.05, 0) is 30.3 Å². The van der Waals surface area contributed by atoms with Crippen molar-refractivity contribution in [2.45, 2.75) is 25.5 Å². The van der Waals surface area contributed by atoms with Crippen LogP contribution in [0.3, 0.4) is 0 Å². The molecule has 0 radical (unpaired) electrons. The maximum atomic E-state index is 13.7. The number of nitrogens with one attached hydrogen (secondary N) is 1. The van der Waals surface area contributed by atoms with E-state index in [-0.39, 0.29) is 42.2 Å². The lowest BCUT2D eigenvalue weighted by molar-refractivity contribution is 0.129. The summed E-state index contributed by atoms with van der Waals surface area (Å²) in [4.78, 5) is 6.38. The molecule has 0 atom stereocenters. The number of para-hydroxylation sites is 1. The topological polar surface area (TPSA) is 36.9 Å². The van der Waals surface area contributed by atoms with Gasteiger partial charge < -0.3 is 15.0 Å². The van der Waals surface area contributed by atoms with Crippen LogP contribution in [-0.2, 0) is 6.54 Å². The highest BCUT2D eigenvalue weighted by Crippen LogP contribution is 2.19. The fraction of sp³-hybridized carbons (Fsp3) is 0.350. The van der Waals surface area contributed by atoms with Crippen LogP contribution in [0, 0.1) is 11.6 Å². The van der Waals surface area contributed by atoms with Crippen LogP contribution in [-0.4, -0.2) is 37.1 Å². The molecule has 1 aliphatic rings. The van der Waals surface area contributed by atoms with Crippen molar-refractivity contribution in [3.63, 3.8) is 0 Å². The summed E-state index contributed by atoms with van der Waals surface area (Å²) in [5.41, 5.74) is 0.286. The van der Waals surface area contributed by atoms with Gasteiger partial charge in [-0.2, -0.15) is 0 Å². The van der Waals surface area contributed by atoms with E-state index < -0.39 is 11.6 Å². The van der Waals surface area contributed by atoms with E-state index in [2.05, 4.69) is 15.2 Å². The second kappa shape index (κ2) is 10.4. The molecule has 1 heterocycles. The van der Waals surface area contributed by atoms with E-state index in [0.717, 1.165) is 43.8 Å². The van der Waals surface area contributed by atoms with Crippen LogP contribution in [0.25, 0.3) is 0 Å². The minimum Gasteiger partial charge on any atom is -0.490 e. The maximum absolute atomic E-state index is 13.7. The van der Waals surface area contributed by atoms with E-state index in [4.69, 9.17) is 4.74 Å². The second-order valence-corrected chi connectivity index (χ2v) is 6.25. The Hall–Kier alpha value is -1.90. The van der Waals surface area contributed by atoms with Crippen molar-refractivity contribution in [1.82, 2.24) is 10.2 Å². The van der Waals surface area contributed by atoms with Gasteiger partial charge in [-0.25, -0.2) is 8.78 Å². The largest absolute Gasteiger partial charge is 0.490 e. The summed E-state index contributed by atoms with van der Waals surface area (Å²) < 4.78 is 33.0. The number of guanidine groups is 1. The zero-order chi connectivity index (χ0) is 18.4. The van der Waals surface area contributed by atoms with Gasteiger partial charge in [-0.1, -0.05) is 18.2 Å². The van der Waals surface area contributed by atoms with Crippen molar-refractivity contribution in [3.8, 4) is 5.75 Å². The number of hydrogen-bond donors (Lipinski definition) is 1. The average molecular weight is 487 g/mol. The van der Waals surface area contributed by atoms with Crippen LogP contribution < -0.4 is 10.1 Å². The van der Waals surface area contributed by atoms with Crippen molar-refractivity contribution >= 4 is 29.9 Å². The first-order chi connectivity index (χ1) is 12.7. The summed E-state index contributed by atoms with van der Waals surface area (Å²) in [5, 5.41) is 3.12. The highest BCUT2D eigenvalue weighted by atomic mass is 127.